The molecule has 0 aliphatic rings. The molecule has 0 spiro atoms. The summed E-state index contributed by atoms with van der Waals surface area (Å²) in [6.45, 7) is 2.30. The lowest BCUT2D eigenvalue weighted by Crippen LogP contribution is -2.27. The van der Waals surface area contributed by atoms with Crippen molar-refractivity contribution in [2.45, 2.75) is 23.9 Å². The first-order chi connectivity index (χ1) is 20.2. The van der Waals surface area contributed by atoms with Gasteiger partial charge in [-0.3, -0.25) is 9.36 Å². The van der Waals surface area contributed by atoms with Gasteiger partial charge in [0.2, 0.25) is 0 Å². The number of nitrogens with zero attached hydrogens (tertiary/aromatic N) is 4. The van der Waals surface area contributed by atoms with Crippen molar-refractivity contribution >= 4 is 51.1 Å². The van der Waals surface area contributed by atoms with Gasteiger partial charge in [0, 0.05) is 22.3 Å². The number of para-hydroxylation sites is 1. The number of anilines is 1. The fourth-order valence-electron chi connectivity index (χ4n) is 4.71. The van der Waals surface area contributed by atoms with E-state index in [4.69, 9.17) is 0 Å². The van der Waals surface area contributed by atoms with Gasteiger partial charge in [-0.05, 0) is 41.3 Å². The highest BCUT2D eigenvalue weighted by molar-refractivity contribution is 8.00. The van der Waals surface area contributed by atoms with Gasteiger partial charge in [-0.15, -0.1) is 10.2 Å². The van der Waals surface area contributed by atoms with Crippen molar-refractivity contribution in [2.75, 3.05) is 5.32 Å². The highest BCUT2D eigenvalue weighted by atomic mass is 32.2. The van der Waals surface area contributed by atoms with Gasteiger partial charge >= 0.3 is 0 Å². The Balaban J connectivity index is 1.19. The quantitative estimate of drug-likeness (QED) is 0.116. The van der Waals surface area contributed by atoms with E-state index in [-0.39, 0.29) is 5.91 Å². The van der Waals surface area contributed by atoms with E-state index < -0.39 is 5.25 Å². The first-order valence-electron chi connectivity index (χ1n) is 13.4. The van der Waals surface area contributed by atoms with Crippen molar-refractivity contribution in [3.8, 4) is 5.69 Å². The Morgan fingerprint density at radius 2 is 1.49 bits per heavy atom. The fraction of sp³-hybridized carbons (Fsp3) is 0.0909. The molecule has 1 heterocycles. The zero-order valence-electron chi connectivity index (χ0n) is 22.4. The van der Waals surface area contributed by atoms with Gasteiger partial charge in [0.25, 0.3) is 5.91 Å². The predicted molar refractivity (Wildman–Crippen MR) is 168 cm³/mol. The zero-order valence-corrected chi connectivity index (χ0v) is 23.3. The fourth-order valence-corrected chi connectivity index (χ4v) is 5.59. The molecule has 0 aliphatic heterocycles. The van der Waals surface area contributed by atoms with Gasteiger partial charge in [0.1, 0.15) is 0 Å². The molecule has 1 amide bonds. The molecule has 8 heteroatoms. The van der Waals surface area contributed by atoms with Crippen molar-refractivity contribution in [1.82, 2.24) is 20.2 Å². The SMILES string of the molecule is CC(Sc1nnc(CNc2cccc3ccccc23)n1-c1ccccc1)C(=O)N/N=C/c1cccc2ccccc12. The molecule has 6 aromatic rings. The molecular weight excluding hydrogens is 528 g/mol. The van der Waals surface area contributed by atoms with E-state index in [2.05, 4.69) is 62.4 Å². The maximum Gasteiger partial charge on any atom is 0.253 e. The van der Waals surface area contributed by atoms with Gasteiger partial charge in [-0.2, -0.15) is 5.10 Å². The molecule has 0 bridgehead atoms. The standard InChI is InChI=1S/C33H28N6OS/c1-23(32(40)37-35-21-26-15-9-13-24-11-5-7-18-28(24)26)41-33-38-36-31(39(33)27-16-3-2-4-17-27)22-34-30-20-10-14-25-12-6-8-19-29(25)30/h2-21,23,34H,22H2,1H3,(H,37,40)/b35-21+. The number of carbonyl (C=O) groups excluding carboxylic acids is 1. The number of rotatable bonds is 9. The molecule has 0 saturated heterocycles. The average Bonchev–Trinajstić information content (AvgIpc) is 3.42. The van der Waals surface area contributed by atoms with E-state index in [0.717, 1.165) is 38.9 Å². The van der Waals surface area contributed by atoms with Crippen molar-refractivity contribution < 1.29 is 4.79 Å². The largest absolute Gasteiger partial charge is 0.377 e. The summed E-state index contributed by atoms with van der Waals surface area (Å²) in [6.07, 6.45) is 1.68. The van der Waals surface area contributed by atoms with Crippen LogP contribution in [0.25, 0.3) is 27.2 Å². The van der Waals surface area contributed by atoms with E-state index in [1.165, 1.54) is 17.1 Å². The lowest BCUT2D eigenvalue weighted by atomic mass is 10.1. The number of carbonyl (C=O) groups is 1. The summed E-state index contributed by atoms with van der Waals surface area (Å²) in [7, 11) is 0. The van der Waals surface area contributed by atoms with Crippen LogP contribution in [0.2, 0.25) is 0 Å². The second-order valence-electron chi connectivity index (χ2n) is 9.51. The highest BCUT2D eigenvalue weighted by Crippen LogP contribution is 2.28. The molecule has 202 valence electrons. The Morgan fingerprint density at radius 1 is 0.829 bits per heavy atom. The Bertz CT molecular complexity index is 1840. The number of hydrazone groups is 1. The summed E-state index contributed by atoms with van der Waals surface area (Å²) in [5.41, 5.74) is 5.58. The summed E-state index contributed by atoms with van der Waals surface area (Å²) in [5, 5.41) is 21.4. The van der Waals surface area contributed by atoms with Crippen LogP contribution >= 0.6 is 11.8 Å². The van der Waals surface area contributed by atoms with E-state index in [9.17, 15) is 4.79 Å². The van der Waals surface area contributed by atoms with Crippen LogP contribution in [0, 0.1) is 0 Å². The predicted octanol–water partition coefficient (Wildman–Crippen LogP) is 6.82. The molecule has 7 nitrogen and oxygen atoms in total. The third kappa shape index (κ3) is 5.83. The summed E-state index contributed by atoms with van der Waals surface area (Å²) < 4.78 is 1.99. The topological polar surface area (TPSA) is 84.2 Å². The van der Waals surface area contributed by atoms with Gasteiger partial charge in [-0.25, -0.2) is 5.43 Å². The molecule has 41 heavy (non-hydrogen) atoms. The monoisotopic (exact) mass is 556 g/mol. The Labute approximate surface area is 242 Å². The Hall–Kier alpha value is -4.95. The normalized spacial score (nSPS) is 12.1. The summed E-state index contributed by atoms with van der Waals surface area (Å²) in [6, 6.07) is 38.5. The highest BCUT2D eigenvalue weighted by Gasteiger charge is 2.21. The summed E-state index contributed by atoms with van der Waals surface area (Å²) >= 11 is 1.34. The third-order valence-electron chi connectivity index (χ3n) is 6.79. The Morgan fingerprint density at radius 3 is 2.29 bits per heavy atom. The smallest absolute Gasteiger partial charge is 0.253 e. The van der Waals surface area contributed by atoms with Crippen LogP contribution in [0.15, 0.2) is 126 Å². The van der Waals surface area contributed by atoms with Gasteiger partial charge in [-0.1, -0.05) is 109 Å². The molecule has 0 fully saturated rings. The summed E-state index contributed by atoms with van der Waals surface area (Å²) in [5.74, 6) is 0.526. The molecule has 6 rings (SSSR count). The van der Waals surface area contributed by atoms with Crippen LogP contribution in [0.3, 0.4) is 0 Å². The van der Waals surface area contributed by atoms with E-state index in [0.29, 0.717) is 11.7 Å². The average molecular weight is 557 g/mol. The molecule has 1 atom stereocenters. The summed E-state index contributed by atoms with van der Waals surface area (Å²) in [4.78, 5) is 13.0. The first kappa shape index (κ1) is 26.3. The number of benzene rings is 5. The lowest BCUT2D eigenvalue weighted by molar-refractivity contribution is -0.120. The zero-order chi connectivity index (χ0) is 28.0. The van der Waals surface area contributed by atoms with Crippen LogP contribution in [0.4, 0.5) is 5.69 Å². The lowest BCUT2D eigenvalue weighted by Gasteiger charge is -2.14. The van der Waals surface area contributed by atoms with E-state index in [1.54, 1.807) is 6.21 Å². The van der Waals surface area contributed by atoms with Crippen LogP contribution in [-0.2, 0) is 11.3 Å². The van der Waals surface area contributed by atoms with E-state index >= 15 is 0 Å². The molecule has 0 saturated carbocycles. The molecule has 0 radical (unpaired) electrons. The van der Waals surface area contributed by atoms with Crippen LogP contribution in [0.1, 0.15) is 18.3 Å². The minimum atomic E-state index is -0.454. The number of hydrogen-bond donors (Lipinski definition) is 2. The maximum atomic E-state index is 13.0. The second-order valence-corrected chi connectivity index (χ2v) is 10.8. The van der Waals surface area contributed by atoms with Crippen molar-refractivity contribution in [3.63, 3.8) is 0 Å². The molecule has 1 aromatic heterocycles. The maximum absolute atomic E-state index is 13.0. The Kier molecular flexibility index (Phi) is 7.73. The van der Waals surface area contributed by atoms with Crippen LogP contribution in [-0.4, -0.2) is 32.1 Å². The van der Waals surface area contributed by atoms with Gasteiger partial charge < -0.3 is 5.32 Å². The molecule has 2 N–H and O–H groups in total. The minimum Gasteiger partial charge on any atom is -0.377 e. The van der Waals surface area contributed by atoms with Crippen LogP contribution in [0.5, 0.6) is 0 Å². The van der Waals surface area contributed by atoms with Crippen LogP contribution < -0.4 is 10.7 Å². The van der Waals surface area contributed by atoms with Crippen molar-refractivity contribution in [3.05, 3.63) is 127 Å². The molecule has 1 unspecified atom stereocenters. The minimum absolute atomic E-state index is 0.218. The number of aromatic nitrogens is 3. The second kappa shape index (κ2) is 12.1. The number of amides is 1. The molecule has 5 aromatic carbocycles. The number of thioether (sulfide) groups is 1. The van der Waals surface area contributed by atoms with Crippen molar-refractivity contribution in [2.24, 2.45) is 5.10 Å². The van der Waals surface area contributed by atoms with Crippen molar-refractivity contribution in [1.29, 1.82) is 0 Å². The third-order valence-corrected chi connectivity index (χ3v) is 7.84. The number of hydrogen-bond acceptors (Lipinski definition) is 6. The molecule has 0 aliphatic carbocycles. The van der Waals surface area contributed by atoms with E-state index in [1.807, 2.05) is 90.4 Å². The van der Waals surface area contributed by atoms with Gasteiger partial charge in [0.05, 0.1) is 18.0 Å². The van der Waals surface area contributed by atoms with Gasteiger partial charge in [0.15, 0.2) is 11.0 Å². The molecular formula is C33H28N6OS. The number of nitrogens with one attached hydrogen (secondary N) is 2. The first-order valence-corrected chi connectivity index (χ1v) is 14.2. The number of fused-ring (bicyclic) bond motifs is 2.